The van der Waals surface area contributed by atoms with Gasteiger partial charge in [0, 0.05) is 31.5 Å². The zero-order chi connectivity index (χ0) is 13.1. The molecule has 0 aliphatic carbocycles. The smallest absolute Gasteiger partial charge is 0.103 e. The van der Waals surface area contributed by atoms with E-state index in [0.29, 0.717) is 11.1 Å². The van der Waals surface area contributed by atoms with Gasteiger partial charge >= 0.3 is 0 Å². The van der Waals surface area contributed by atoms with Crippen LogP contribution in [0.2, 0.25) is 0 Å². The Labute approximate surface area is 114 Å². The Kier molecular flexibility index (Phi) is 4.19. The summed E-state index contributed by atoms with van der Waals surface area (Å²) in [7, 11) is 1.79. The van der Waals surface area contributed by atoms with Gasteiger partial charge in [-0.2, -0.15) is 0 Å². The Balaban J connectivity index is 2.12. The summed E-state index contributed by atoms with van der Waals surface area (Å²) in [5.74, 6) is 0. The predicted octanol–water partition coefficient (Wildman–Crippen LogP) is 2.24. The molecule has 3 nitrogen and oxygen atoms in total. The van der Waals surface area contributed by atoms with Crippen LogP contribution in [0, 0.1) is 6.92 Å². The molecule has 0 atom stereocenters. The van der Waals surface area contributed by atoms with Gasteiger partial charge < -0.3 is 15.4 Å². The van der Waals surface area contributed by atoms with Gasteiger partial charge in [0.25, 0.3) is 0 Å². The SMILES string of the molecule is COC1CCN(c2ccc(C(N)=S)cc2C)CC1. The zero-order valence-electron chi connectivity index (χ0n) is 11.0. The van der Waals surface area contributed by atoms with Gasteiger partial charge in [-0.1, -0.05) is 12.2 Å². The molecule has 98 valence electrons. The topological polar surface area (TPSA) is 38.5 Å². The molecule has 1 saturated heterocycles. The van der Waals surface area contributed by atoms with Crippen molar-refractivity contribution in [2.75, 3.05) is 25.1 Å². The number of anilines is 1. The Bertz CT molecular complexity index is 439. The van der Waals surface area contributed by atoms with Crippen LogP contribution in [0.1, 0.15) is 24.0 Å². The monoisotopic (exact) mass is 264 g/mol. The van der Waals surface area contributed by atoms with Crippen molar-refractivity contribution in [3.8, 4) is 0 Å². The van der Waals surface area contributed by atoms with Crippen molar-refractivity contribution in [3.63, 3.8) is 0 Å². The Morgan fingerprint density at radius 1 is 1.39 bits per heavy atom. The quantitative estimate of drug-likeness (QED) is 0.850. The summed E-state index contributed by atoms with van der Waals surface area (Å²) in [5, 5.41) is 0. The van der Waals surface area contributed by atoms with Crippen LogP contribution in [-0.2, 0) is 4.74 Å². The van der Waals surface area contributed by atoms with Gasteiger partial charge in [0.1, 0.15) is 4.99 Å². The van der Waals surface area contributed by atoms with Crippen LogP contribution in [-0.4, -0.2) is 31.3 Å². The van der Waals surface area contributed by atoms with Gasteiger partial charge in [-0.05, 0) is 43.5 Å². The molecule has 1 aromatic carbocycles. The summed E-state index contributed by atoms with van der Waals surface area (Å²) in [4.78, 5) is 2.87. The van der Waals surface area contributed by atoms with Crippen LogP contribution < -0.4 is 10.6 Å². The second-order valence-corrected chi connectivity index (χ2v) is 5.23. The molecule has 1 aliphatic rings. The molecule has 0 saturated carbocycles. The molecule has 0 bridgehead atoms. The van der Waals surface area contributed by atoms with Crippen LogP contribution >= 0.6 is 12.2 Å². The number of rotatable bonds is 3. The molecule has 0 spiro atoms. The van der Waals surface area contributed by atoms with E-state index in [1.807, 2.05) is 6.07 Å². The number of hydrogen-bond donors (Lipinski definition) is 1. The second-order valence-electron chi connectivity index (χ2n) is 4.79. The molecule has 0 aromatic heterocycles. The lowest BCUT2D eigenvalue weighted by molar-refractivity contribution is 0.0819. The number of hydrogen-bond acceptors (Lipinski definition) is 3. The highest BCUT2D eigenvalue weighted by molar-refractivity contribution is 7.80. The summed E-state index contributed by atoms with van der Waals surface area (Å²) in [5.41, 5.74) is 9.11. The minimum atomic E-state index is 0.414. The van der Waals surface area contributed by atoms with Crippen molar-refractivity contribution in [1.82, 2.24) is 0 Å². The van der Waals surface area contributed by atoms with Gasteiger partial charge in [0.2, 0.25) is 0 Å². The molecule has 2 rings (SSSR count). The maximum absolute atomic E-state index is 5.65. The van der Waals surface area contributed by atoms with E-state index in [-0.39, 0.29) is 0 Å². The maximum Gasteiger partial charge on any atom is 0.103 e. The van der Waals surface area contributed by atoms with Gasteiger partial charge in [-0.15, -0.1) is 0 Å². The minimum absolute atomic E-state index is 0.414. The highest BCUT2D eigenvalue weighted by atomic mass is 32.1. The fourth-order valence-corrected chi connectivity index (χ4v) is 2.62. The van der Waals surface area contributed by atoms with Crippen LogP contribution in [0.15, 0.2) is 18.2 Å². The molecule has 0 amide bonds. The Hall–Kier alpha value is -1.13. The number of aryl methyl sites for hydroxylation is 1. The van der Waals surface area contributed by atoms with Crippen molar-refractivity contribution in [1.29, 1.82) is 0 Å². The zero-order valence-corrected chi connectivity index (χ0v) is 11.8. The van der Waals surface area contributed by atoms with Crippen molar-refractivity contribution in [3.05, 3.63) is 29.3 Å². The van der Waals surface area contributed by atoms with Crippen molar-refractivity contribution in [2.24, 2.45) is 5.73 Å². The average Bonchev–Trinajstić information content (AvgIpc) is 2.38. The van der Waals surface area contributed by atoms with Crippen molar-refractivity contribution < 1.29 is 4.74 Å². The predicted molar refractivity (Wildman–Crippen MR) is 79.3 cm³/mol. The van der Waals surface area contributed by atoms with E-state index in [1.165, 1.54) is 11.3 Å². The van der Waals surface area contributed by atoms with Crippen molar-refractivity contribution >= 4 is 22.9 Å². The number of methoxy groups -OCH3 is 1. The van der Waals surface area contributed by atoms with E-state index < -0.39 is 0 Å². The number of ether oxygens (including phenoxy) is 1. The lowest BCUT2D eigenvalue weighted by atomic mass is 10.0. The third-order valence-corrected chi connectivity index (χ3v) is 3.83. The molecule has 18 heavy (non-hydrogen) atoms. The van der Waals surface area contributed by atoms with E-state index in [4.69, 9.17) is 22.7 Å². The van der Waals surface area contributed by atoms with Crippen LogP contribution in [0.25, 0.3) is 0 Å². The molecular weight excluding hydrogens is 244 g/mol. The van der Waals surface area contributed by atoms with Gasteiger partial charge in [0.05, 0.1) is 6.10 Å². The first-order valence-electron chi connectivity index (χ1n) is 6.30. The lowest BCUT2D eigenvalue weighted by Gasteiger charge is -2.34. The molecule has 1 aromatic rings. The first-order valence-corrected chi connectivity index (χ1v) is 6.71. The number of benzene rings is 1. The van der Waals surface area contributed by atoms with E-state index in [9.17, 15) is 0 Å². The molecule has 0 radical (unpaired) electrons. The summed E-state index contributed by atoms with van der Waals surface area (Å²) in [6, 6.07) is 6.20. The largest absolute Gasteiger partial charge is 0.389 e. The molecule has 1 fully saturated rings. The first-order chi connectivity index (χ1) is 8.61. The molecule has 2 N–H and O–H groups in total. The minimum Gasteiger partial charge on any atom is -0.389 e. The van der Waals surface area contributed by atoms with E-state index in [0.717, 1.165) is 31.5 Å². The summed E-state index contributed by atoms with van der Waals surface area (Å²) in [6.45, 7) is 4.21. The maximum atomic E-state index is 5.65. The summed E-state index contributed by atoms with van der Waals surface area (Å²) in [6.07, 6.45) is 2.59. The summed E-state index contributed by atoms with van der Waals surface area (Å²) >= 11 is 5.00. The van der Waals surface area contributed by atoms with E-state index in [1.54, 1.807) is 7.11 Å². The molecular formula is C14H20N2OS. The fourth-order valence-electron chi connectivity index (χ4n) is 2.50. The van der Waals surface area contributed by atoms with Gasteiger partial charge in [-0.3, -0.25) is 0 Å². The van der Waals surface area contributed by atoms with Crippen LogP contribution in [0.3, 0.4) is 0 Å². The van der Waals surface area contributed by atoms with E-state index in [2.05, 4.69) is 24.0 Å². The molecule has 0 unspecified atom stereocenters. The van der Waals surface area contributed by atoms with Crippen molar-refractivity contribution in [2.45, 2.75) is 25.9 Å². The standard InChI is InChI=1S/C14H20N2OS/c1-10-9-11(14(15)18)3-4-13(10)16-7-5-12(17-2)6-8-16/h3-4,9,12H,5-8H2,1-2H3,(H2,15,18). The third kappa shape index (κ3) is 2.82. The fraction of sp³-hybridized carbons (Fsp3) is 0.500. The Morgan fingerprint density at radius 3 is 2.56 bits per heavy atom. The van der Waals surface area contributed by atoms with Crippen LogP contribution in [0.4, 0.5) is 5.69 Å². The average molecular weight is 264 g/mol. The lowest BCUT2D eigenvalue weighted by Crippen LogP contribution is -2.37. The first kappa shape index (κ1) is 13.3. The van der Waals surface area contributed by atoms with Gasteiger partial charge in [0.15, 0.2) is 0 Å². The van der Waals surface area contributed by atoms with Crippen LogP contribution in [0.5, 0.6) is 0 Å². The second kappa shape index (κ2) is 5.67. The third-order valence-electron chi connectivity index (χ3n) is 3.60. The highest BCUT2D eigenvalue weighted by Crippen LogP contribution is 2.25. The highest BCUT2D eigenvalue weighted by Gasteiger charge is 2.19. The molecule has 1 heterocycles. The van der Waals surface area contributed by atoms with Gasteiger partial charge in [-0.25, -0.2) is 0 Å². The molecule has 4 heteroatoms. The molecule has 1 aliphatic heterocycles. The number of nitrogens with two attached hydrogens (primary N) is 1. The van der Waals surface area contributed by atoms with E-state index >= 15 is 0 Å². The number of thiocarbonyl (C=S) groups is 1. The number of nitrogens with zero attached hydrogens (tertiary/aromatic N) is 1. The summed E-state index contributed by atoms with van der Waals surface area (Å²) < 4.78 is 5.40. The normalized spacial score (nSPS) is 16.9. The number of piperidine rings is 1. The Morgan fingerprint density at radius 2 is 2.06 bits per heavy atom.